The van der Waals surface area contributed by atoms with E-state index in [1.807, 2.05) is 0 Å². The molecule has 2 saturated carbocycles. The highest BCUT2D eigenvalue weighted by Gasteiger charge is 2.61. The van der Waals surface area contributed by atoms with Crippen LogP contribution in [-0.2, 0) is 19.1 Å². The monoisotopic (exact) mass is 460 g/mol. The van der Waals surface area contributed by atoms with E-state index in [4.69, 9.17) is 4.74 Å². The fraction of sp³-hybridized carbons (Fsp3) is 0.346. The lowest BCUT2D eigenvalue weighted by atomic mass is 9.81. The fourth-order valence-corrected chi connectivity index (χ4v) is 5.64. The molecule has 3 fully saturated rings. The minimum atomic E-state index is -0.701. The number of carbonyl (C=O) groups is 5. The van der Waals surface area contributed by atoms with Crippen LogP contribution in [0.5, 0.6) is 0 Å². The average Bonchev–Trinajstić information content (AvgIpc) is 3.51. The number of esters is 1. The SMILES string of the molecule is CC(=O)c1cccc(NC(=O)COC(=O)c2ccc(N3C(=O)[C@@H]4[C@H]5CC[C@@H](C5)[C@H]4C3=O)cc2)c1. The molecular weight excluding hydrogens is 436 g/mol. The lowest BCUT2D eigenvalue weighted by Crippen LogP contribution is -2.32. The van der Waals surface area contributed by atoms with Gasteiger partial charge in [-0.05, 0) is 74.4 Å². The number of ketones is 1. The van der Waals surface area contributed by atoms with Crippen molar-refractivity contribution in [1.82, 2.24) is 0 Å². The molecule has 2 aromatic rings. The predicted molar refractivity (Wildman–Crippen MR) is 122 cm³/mol. The molecule has 0 spiro atoms. The number of benzene rings is 2. The number of nitrogens with zero attached hydrogens (tertiary/aromatic N) is 1. The van der Waals surface area contributed by atoms with Crippen molar-refractivity contribution in [3.63, 3.8) is 0 Å². The van der Waals surface area contributed by atoms with Crippen LogP contribution in [-0.4, -0.2) is 36.1 Å². The van der Waals surface area contributed by atoms with E-state index in [1.54, 1.807) is 36.4 Å². The molecule has 0 unspecified atom stereocenters. The number of fused-ring (bicyclic) bond motifs is 5. The van der Waals surface area contributed by atoms with Gasteiger partial charge < -0.3 is 10.1 Å². The molecule has 174 valence electrons. The number of carbonyl (C=O) groups excluding carboxylic acids is 5. The van der Waals surface area contributed by atoms with Crippen molar-refractivity contribution >= 4 is 40.8 Å². The van der Waals surface area contributed by atoms with E-state index in [2.05, 4.69) is 5.32 Å². The van der Waals surface area contributed by atoms with Crippen LogP contribution in [0.4, 0.5) is 11.4 Å². The van der Waals surface area contributed by atoms with Gasteiger partial charge in [-0.1, -0.05) is 12.1 Å². The van der Waals surface area contributed by atoms with E-state index < -0.39 is 18.5 Å². The highest BCUT2D eigenvalue weighted by Crippen LogP contribution is 2.56. The number of imide groups is 1. The van der Waals surface area contributed by atoms with Crippen LogP contribution in [0.3, 0.4) is 0 Å². The number of ether oxygens (including phenoxy) is 1. The molecule has 3 amide bonds. The lowest BCUT2D eigenvalue weighted by Gasteiger charge is -2.19. The van der Waals surface area contributed by atoms with Crippen molar-refractivity contribution in [2.75, 3.05) is 16.8 Å². The molecule has 34 heavy (non-hydrogen) atoms. The molecule has 5 rings (SSSR count). The summed E-state index contributed by atoms with van der Waals surface area (Å²) in [4.78, 5) is 63.1. The Balaban J connectivity index is 1.19. The Bertz CT molecular complexity index is 1180. The molecule has 3 aliphatic rings. The first-order valence-electron chi connectivity index (χ1n) is 11.4. The maximum Gasteiger partial charge on any atom is 0.338 e. The Hall–Kier alpha value is -3.81. The second-order valence-electron chi connectivity index (χ2n) is 9.20. The smallest absolute Gasteiger partial charge is 0.338 e. The molecule has 1 saturated heterocycles. The van der Waals surface area contributed by atoms with Gasteiger partial charge in [-0.15, -0.1) is 0 Å². The number of nitrogens with one attached hydrogen (secondary N) is 1. The van der Waals surface area contributed by atoms with E-state index in [9.17, 15) is 24.0 Å². The van der Waals surface area contributed by atoms with E-state index in [1.165, 1.54) is 24.0 Å². The van der Waals surface area contributed by atoms with Crippen LogP contribution in [0.25, 0.3) is 0 Å². The Morgan fingerprint density at radius 1 is 0.941 bits per heavy atom. The normalized spacial score (nSPS) is 24.8. The maximum absolute atomic E-state index is 12.9. The number of rotatable bonds is 6. The minimum Gasteiger partial charge on any atom is -0.452 e. The molecule has 0 aromatic heterocycles. The third kappa shape index (κ3) is 3.79. The molecule has 1 N–H and O–H groups in total. The van der Waals surface area contributed by atoms with Gasteiger partial charge in [-0.2, -0.15) is 0 Å². The van der Waals surface area contributed by atoms with Gasteiger partial charge in [0.25, 0.3) is 5.91 Å². The molecule has 8 nitrogen and oxygen atoms in total. The zero-order valence-electron chi connectivity index (χ0n) is 18.7. The third-order valence-corrected chi connectivity index (χ3v) is 7.18. The van der Waals surface area contributed by atoms with E-state index in [0.29, 0.717) is 28.8 Å². The average molecular weight is 460 g/mol. The topological polar surface area (TPSA) is 110 Å². The Kier molecular flexibility index (Phi) is 5.51. The summed E-state index contributed by atoms with van der Waals surface area (Å²) in [7, 11) is 0. The largest absolute Gasteiger partial charge is 0.452 e. The van der Waals surface area contributed by atoms with Gasteiger partial charge in [0.1, 0.15) is 0 Å². The Morgan fingerprint density at radius 2 is 1.59 bits per heavy atom. The molecule has 2 aliphatic carbocycles. The maximum atomic E-state index is 12.9. The van der Waals surface area contributed by atoms with Gasteiger partial charge in [0.15, 0.2) is 12.4 Å². The quantitative estimate of drug-likeness (QED) is 0.403. The van der Waals surface area contributed by atoms with Crippen molar-refractivity contribution < 1.29 is 28.7 Å². The van der Waals surface area contributed by atoms with Crippen molar-refractivity contribution in [3.8, 4) is 0 Å². The first-order chi connectivity index (χ1) is 16.3. The molecule has 2 aromatic carbocycles. The van der Waals surface area contributed by atoms with Crippen LogP contribution in [0.1, 0.15) is 46.9 Å². The van der Waals surface area contributed by atoms with Gasteiger partial charge in [-0.25, -0.2) is 4.79 Å². The molecule has 1 heterocycles. The molecule has 2 bridgehead atoms. The summed E-state index contributed by atoms with van der Waals surface area (Å²) in [6.07, 6.45) is 3.00. The van der Waals surface area contributed by atoms with Crippen molar-refractivity contribution in [2.45, 2.75) is 26.2 Å². The lowest BCUT2D eigenvalue weighted by molar-refractivity contribution is -0.123. The van der Waals surface area contributed by atoms with Crippen LogP contribution in [0, 0.1) is 23.7 Å². The van der Waals surface area contributed by atoms with Crippen LogP contribution >= 0.6 is 0 Å². The van der Waals surface area contributed by atoms with E-state index in [0.717, 1.165) is 19.3 Å². The molecule has 0 radical (unpaired) electrons. The van der Waals surface area contributed by atoms with E-state index >= 15 is 0 Å². The number of Topliss-reactive ketones (excluding diaryl/α,β-unsaturated/α-hetero) is 1. The molecule has 4 atom stereocenters. The van der Waals surface area contributed by atoms with Crippen LogP contribution < -0.4 is 10.2 Å². The highest BCUT2D eigenvalue weighted by atomic mass is 16.5. The first kappa shape index (κ1) is 22.0. The molecular formula is C26H24N2O6. The van der Waals surface area contributed by atoms with Gasteiger partial charge in [0.05, 0.1) is 23.1 Å². The number of hydrogen-bond acceptors (Lipinski definition) is 6. The zero-order chi connectivity index (χ0) is 24.0. The molecule has 8 heteroatoms. The Morgan fingerprint density at radius 3 is 2.21 bits per heavy atom. The summed E-state index contributed by atoms with van der Waals surface area (Å²) in [5.41, 5.74) is 1.54. The van der Waals surface area contributed by atoms with Gasteiger partial charge in [0.2, 0.25) is 11.8 Å². The Labute approximate surface area is 196 Å². The number of anilines is 2. The molecule has 1 aliphatic heterocycles. The summed E-state index contributed by atoms with van der Waals surface area (Å²) in [5, 5.41) is 2.58. The van der Waals surface area contributed by atoms with Crippen LogP contribution in [0.2, 0.25) is 0 Å². The highest BCUT2D eigenvalue weighted by molar-refractivity contribution is 6.22. The van der Waals surface area contributed by atoms with Gasteiger partial charge in [0, 0.05) is 11.3 Å². The summed E-state index contributed by atoms with van der Waals surface area (Å²) >= 11 is 0. The van der Waals surface area contributed by atoms with Crippen molar-refractivity contribution in [3.05, 3.63) is 59.7 Å². The first-order valence-corrected chi connectivity index (χ1v) is 11.4. The predicted octanol–water partition coefficient (Wildman–Crippen LogP) is 3.22. The summed E-state index contributed by atoms with van der Waals surface area (Å²) in [6.45, 7) is 0.930. The third-order valence-electron chi connectivity index (χ3n) is 7.18. The standard InChI is InChI=1S/C26H24N2O6/c1-14(29)16-3-2-4-19(12-16)27-21(30)13-34-26(33)15-7-9-20(10-8-15)28-24(31)22-17-5-6-18(11-17)23(22)25(28)32/h2-4,7-10,12,17-18,22-23H,5-6,11,13H2,1H3,(H,27,30)/t17-,18-,22+,23+/m0/s1. The van der Waals surface area contributed by atoms with Crippen molar-refractivity contribution in [2.24, 2.45) is 23.7 Å². The van der Waals surface area contributed by atoms with Crippen molar-refractivity contribution in [1.29, 1.82) is 0 Å². The van der Waals surface area contributed by atoms with Gasteiger partial charge in [-0.3, -0.25) is 24.1 Å². The zero-order valence-corrected chi connectivity index (χ0v) is 18.7. The number of amides is 3. The number of hydrogen-bond donors (Lipinski definition) is 1. The fourth-order valence-electron chi connectivity index (χ4n) is 5.64. The van der Waals surface area contributed by atoms with Gasteiger partial charge >= 0.3 is 5.97 Å². The second kappa shape index (κ2) is 8.52. The summed E-state index contributed by atoms with van der Waals surface area (Å²) in [5.74, 6) is -1.43. The summed E-state index contributed by atoms with van der Waals surface area (Å²) < 4.78 is 5.08. The minimum absolute atomic E-state index is 0.126. The second-order valence-corrected chi connectivity index (χ2v) is 9.20. The van der Waals surface area contributed by atoms with Crippen LogP contribution in [0.15, 0.2) is 48.5 Å². The summed E-state index contributed by atoms with van der Waals surface area (Å²) in [6, 6.07) is 12.5. The van der Waals surface area contributed by atoms with E-state index in [-0.39, 0.29) is 35.0 Å².